The second kappa shape index (κ2) is 10.7. The van der Waals surface area contributed by atoms with Crippen LogP contribution in [-0.4, -0.2) is 39.0 Å². The summed E-state index contributed by atoms with van der Waals surface area (Å²) >= 11 is 1.82. The van der Waals surface area contributed by atoms with Gasteiger partial charge < -0.3 is 19.8 Å². The standard InChI is InChI=1S/C19H27N3O2S/c1-15(14-25-18-9-5-4-8-17(18)23-3)13-22-19(20-2)21-11-10-16-7-6-12-24-16/h4-9,12,15H,10-11,13-14H2,1-3H3,(H2,20,21,22). The molecule has 2 aromatic rings. The van der Waals surface area contributed by atoms with Gasteiger partial charge >= 0.3 is 0 Å². The zero-order chi connectivity index (χ0) is 17.9. The second-order valence-corrected chi connectivity index (χ2v) is 6.84. The fraction of sp³-hybridized carbons (Fsp3) is 0.421. The summed E-state index contributed by atoms with van der Waals surface area (Å²) in [6.45, 7) is 3.88. The molecule has 0 aliphatic carbocycles. The fourth-order valence-electron chi connectivity index (χ4n) is 2.28. The van der Waals surface area contributed by atoms with Crippen LogP contribution in [0.15, 0.2) is 57.0 Å². The molecule has 0 fully saturated rings. The Morgan fingerprint density at radius 3 is 2.80 bits per heavy atom. The topological polar surface area (TPSA) is 58.8 Å². The molecule has 1 aromatic heterocycles. The van der Waals surface area contributed by atoms with Crippen molar-refractivity contribution in [2.24, 2.45) is 10.9 Å². The van der Waals surface area contributed by atoms with Gasteiger partial charge in [-0.25, -0.2) is 0 Å². The number of rotatable bonds is 9. The summed E-state index contributed by atoms with van der Waals surface area (Å²) in [6.07, 6.45) is 2.54. The molecular formula is C19H27N3O2S. The van der Waals surface area contributed by atoms with E-state index in [4.69, 9.17) is 9.15 Å². The van der Waals surface area contributed by atoms with Gasteiger partial charge in [0, 0.05) is 37.2 Å². The third-order valence-corrected chi connectivity index (χ3v) is 5.06. The van der Waals surface area contributed by atoms with Crippen LogP contribution in [0.4, 0.5) is 0 Å². The summed E-state index contributed by atoms with van der Waals surface area (Å²) in [7, 11) is 3.50. The Hall–Kier alpha value is -2.08. The van der Waals surface area contributed by atoms with E-state index in [9.17, 15) is 0 Å². The largest absolute Gasteiger partial charge is 0.496 e. The highest BCUT2D eigenvalue weighted by atomic mass is 32.2. The van der Waals surface area contributed by atoms with E-state index in [1.54, 1.807) is 20.4 Å². The lowest BCUT2D eigenvalue weighted by Crippen LogP contribution is -2.40. The molecular weight excluding hydrogens is 334 g/mol. The van der Waals surface area contributed by atoms with Gasteiger partial charge in [-0.2, -0.15) is 0 Å². The zero-order valence-corrected chi connectivity index (χ0v) is 15.9. The van der Waals surface area contributed by atoms with Crippen molar-refractivity contribution < 1.29 is 9.15 Å². The predicted octanol–water partition coefficient (Wildman–Crippen LogP) is 3.42. The van der Waals surface area contributed by atoms with Crippen molar-refractivity contribution in [1.29, 1.82) is 0 Å². The van der Waals surface area contributed by atoms with Crippen LogP contribution in [0.25, 0.3) is 0 Å². The summed E-state index contributed by atoms with van der Waals surface area (Å²) < 4.78 is 10.7. The van der Waals surface area contributed by atoms with E-state index in [1.165, 1.54) is 4.90 Å². The van der Waals surface area contributed by atoms with Crippen molar-refractivity contribution in [2.75, 3.05) is 33.0 Å². The van der Waals surface area contributed by atoms with Gasteiger partial charge in [0.15, 0.2) is 5.96 Å². The molecule has 6 heteroatoms. The number of methoxy groups -OCH3 is 1. The highest BCUT2D eigenvalue weighted by molar-refractivity contribution is 7.99. The minimum absolute atomic E-state index is 0.499. The molecule has 25 heavy (non-hydrogen) atoms. The number of ether oxygens (including phenoxy) is 1. The summed E-state index contributed by atoms with van der Waals surface area (Å²) in [5, 5.41) is 6.69. The smallest absolute Gasteiger partial charge is 0.191 e. The summed E-state index contributed by atoms with van der Waals surface area (Å²) in [5.41, 5.74) is 0. The Morgan fingerprint density at radius 2 is 2.08 bits per heavy atom. The Kier molecular flexibility index (Phi) is 8.25. The number of thioether (sulfide) groups is 1. The van der Waals surface area contributed by atoms with Crippen LogP contribution >= 0.6 is 11.8 Å². The number of nitrogens with one attached hydrogen (secondary N) is 2. The van der Waals surface area contributed by atoms with E-state index in [0.717, 1.165) is 42.7 Å². The third kappa shape index (κ3) is 6.74. The van der Waals surface area contributed by atoms with Crippen LogP contribution < -0.4 is 15.4 Å². The molecule has 0 aliphatic rings. The minimum Gasteiger partial charge on any atom is -0.496 e. The molecule has 0 saturated carbocycles. The van der Waals surface area contributed by atoms with Crippen LogP contribution in [0, 0.1) is 5.92 Å². The van der Waals surface area contributed by atoms with Crippen LogP contribution in [0.1, 0.15) is 12.7 Å². The SMILES string of the molecule is CN=C(NCCc1ccco1)NCC(C)CSc1ccccc1OC. The molecule has 2 rings (SSSR count). The molecule has 0 aliphatic heterocycles. The highest BCUT2D eigenvalue weighted by Gasteiger charge is 2.08. The number of para-hydroxylation sites is 1. The van der Waals surface area contributed by atoms with Gasteiger partial charge in [0.25, 0.3) is 0 Å². The molecule has 1 aromatic carbocycles. The van der Waals surface area contributed by atoms with Crippen molar-refractivity contribution in [3.63, 3.8) is 0 Å². The number of aliphatic imine (C=N–C) groups is 1. The first-order valence-corrected chi connectivity index (χ1v) is 9.44. The molecule has 136 valence electrons. The molecule has 0 spiro atoms. The molecule has 2 N–H and O–H groups in total. The van der Waals surface area contributed by atoms with Gasteiger partial charge in [-0.15, -0.1) is 11.8 Å². The average molecular weight is 362 g/mol. The van der Waals surface area contributed by atoms with E-state index < -0.39 is 0 Å². The van der Waals surface area contributed by atoms with Gasteiger partial charge in [0.1, 0.15) is 11.5 Å². The first-order valence-electron chi connectivity index (χ1n) is 8.45. The van der Waals surface area contributed by atoms with Crippen molar-refractivity contribution in [1.82, 2.24) is 10.6 Å². The molecule has 0 amide bonds. The van der Waals surface area contributed by atoms with Crippen molar-refractivity contribution in [2.45, 2.75) is 18.2 Å². The van der Waals surface area contributed by atoms with Crippen molar-refractivity contribution >= 4 is 17.7 Å². The highest BCUT2D eigenvalue weighted by Crippen LogP contribution is 2.29. The maximum atomic E-state index is 5.39. The second-order valence-electron chi connectivity index (χ2n) is 5.78. The van der Waals surface area contributed by atoms with E-state index in [2.05, 4.69) is 28.6 Å². The fourth-order valence-corrected chi connectivity index (χ4v) is 3.33. The van der Waals surface area contributed by atoms with Crippen molar-refractivity contribution in [3.8, 4) is 5.75 Å². The quantitative estimate of drug-likeness (QED) is 0.407. The van der Waals surface area contributed by atoms with Gasteiger partial charge in [-0.1, -0.05) is 19.1 Å². The summed E-state index contributed by atoms with van der Waals surface area (Å²) in [4.78, 5) is 5.44. The van der Waals surface area contributed by atoms with Gasteiger partial charge in [-0.3, -0.25) is 4.99 Å². The normalized spacial score (nSPS) is 12.7. The summed E-state index contributed by atoms with van der Waals surface area (Å²) in [5.74, 6) is 4.24. The Balaban J connectivity index is 1.68. The maximum absolute atomic E-state index is 5.39. The summed E-state index contributed by atoms with van der Waals surface area (Å²) in [6, 6.07) is 12.0. The molecule has 1 unspecified atom stereocenters. The van der Waals surface area contributed by atoms with Crippen LogP contribution in [0.2, 0.25) is 0 Å². The predicted molar refractivity (Wildman–Crippen MR) is 105 cm³/mol. The van der Waals surface area contributed by atoms with Gasteiger partial charge in [0.2, 0.25) is 0 Å². The van der Waals surface area contributed by atoms with Gasteiger partial charge in [-0.05, 0) is 30.2 Å². The van der Waals surface area contributed by atoms with E-state index in [-0.39, 0.29) is 0 Å². The minimum atomic E-state index is 0.499. The number of furan rings is 1. The Bertz CT molecular complexity index is 644. The van der Waals surface area contributed by atoms with E-state index in [1.807, 2.05) is 42.1 Å². The lowest BCUT2D eigenvalue weighted by Gasteiger charge is -2.16. The molecule has 0 saturated heterocycles. The first-order chi connectivity index (χ1) is 12.2. The molecule has 0 radical (unpaired) electrons. The number of benzene rings is 1. The zero-order valence-electron chi connectivity index (χ0n) is 15.1. The lowest BCUT2D eigenvalue weighted by molar-refractivity contribution is 0.405. The van der Waals surface area contributed by atoms with E-state index in [0.29, 0.717) is 5.92 Å². The number of hydrogen-bond donors (Lipinski definition) is 2. The lowest BCUT2D eigenvalue weighted by atomic mass is 10.2. The number of nitrogens with zero attached hydrogens (tertiary/aromatic N) is 1. The Labute approximate surface area is 154 Å². The maximum Gasteiger partial charge on any atom is 0.191 e. The van der Waals surface area contributed by atoms with Crippen LogP contribution in [0.3, 0.4) is 0 Å². The van der Waals surface area contributed by atoms with Crippen LogP contribution in [0.5, 0.6) is 5.75 Å². The molecule has 0 bridgehead atoms. The number of hydrogen-bond acceptors (Lipinski definition) is 4. The van der Waals surface area contributed by atoms with Crippen molar-refractivity contribution in [3.05, 3.63) is 48.4 Å². The third-order valence-electron chi connectivity index (χ3n) is 3.68. The molecule has 1 atom stereocenters. The molecule has 1 heterocycles. The van der Waals surface area contributed by atoms with E-state index >= 15 is 0 Å². The Morgan fingerprint density at radius 1 is 1.24 bits per heavy atom. The first kappa shape index (κ1) is 19.2. The monoisotopic (exact) mass is 361 g/mol. The number of guanidine groups is 1. The van der Waals surface area contributed by atoms with Gasteiger partial charge in [0.05, 0.1) is 13.4 Å². The van der Waals surface area contributed by atoms with Crippen LogP contribution in [-0.2, 0) is 6.42 Å². The average Bonchev–Trinajstić information content (AvgIpc) is 3.16. The molecule has 5 nitrogen and oxygen atoms in total.